The van der Waals surface area contributed by atoms with Crippen molar-refractivity contribution >= 4 is 11.6 Å². The number of methoxy groups -OCH3 is 4. The van der Waals surface area contributed by atoms with Gasteiger partial charge in [-0.2, -0.15) is 0 Å². The zero-order valence-corrected chi connectivity index (χ0v) is 17.1. The number of carbonyl (C=O) groups excluding carboxylic acids is 1. The third-order valence-electron chi connectivity index (χ3n) is 4.43. The number of likely N-dealkylation sites (N-methyl/N-ethyl adjacent to an activating group) is 1. The van der Waals surface area contributed by atoms with Crippen LogP contribution in [0.5, 0.6) is 23.0 Å². The van der Waals surface area contributed by atoms with E-state index in [0.717, 1.165) is 23.4 Å². The van der Waals surface area contributed by atoms with Crippen LogP contribution in [-0.2, 0) is 11.2 Å². The van der Waals surface area contributed by atoms with Gasteiger partial charge in [-0.15, -0.1) is 0 Å². The maximum absolute atomic E-state index is 12.4. The monoisotopic (exact) mass is 389 g/mol. The molecule has 0 spiro atoms. The lowest BCUT2D eigenvalue weighted by atomic mass is 10.1. The Morgan fingerprint density at radius 2 is 1.57 bits per heavy atom. The molecule has 0 aliphatic heterocycles. The highest BCUT2D eigenvalue weighted by Gasteiger charge is 2.14. The molecule has 0 fully saturated rings. The van der Waals surface area contributed by atoms with Crippen LogP contribution in [0.4, 0.5) is 5.69 Å². The molecule has 0 saturated carbocycles. The van der Waals surface area contributed by atoms with E-state index in [1.807, 2.05) is 25.2 Å². The molecule has 2 N–H and O–H groups in total. The number of carbonyl (C=O) groups is 1. The lowest BCUT2D eigenvalue weighted by molar-refractivity contribution is -0.870. The molecule has 7 nitrogen and oxygen atoms in total. The van der Waals surface area contributed by atoms with Crippen molar-refractivity contribution in [3.05, 3.63) is 42.0 Å². The first kappa shape index (κ1) is 21.4. The number of hydrogen-bond donors (Lipinski definition) is 2. The fraction of sp³-hybridized carbons (Fsp3) is 0.381. The molecule has 1 amide bonds. The Kier molecular flexibility index (Phi) is 7.95. The van der Waals surface area contributed by atoms with Gasteiger partial charge in [-0.3, -0.25) is 4.79 Å². The summed E-state index contributed by atoms with van der Waals surface area (Å²) in [5, 5.41) is 2.90. The summed E-state index contributed by atoms with van der Waals surface area (Å²) in [6.45, 7) is 1.14. The number of quaternary nitrogens is 1. The fourth-order valence-corrected chi connectivity index (χ4v) is 2.86. The lowest BCUT2D eigenvalue weighted by Gasteiger charge is -2.16. The Bertz CT molecular complexity index is 794. The molecule has 7 heteroatoms. The van der Waals surface area contributed by atoms with Crippen molar-refractivity contribution in [2.75, 3.05) is 53.9 Å². The molecule has 28 heavy (non-hydrogen) atoms. The molecular formula is C21H29N2O5+. The molecule has 1 atom stereocenters. The summed E-state index contributed by atoms with van der Waals surface area (Å²) >= 11 is 0. The van der Waals surface area contributed by atoms with Gasteiger partial charge in [-0.05, 0) is 29.8 Å². The third-order valence-corrected chi connectivity index (χ3v) is 4.43. The van der Waals surface area contributed by atoms with Crippen molar-refractivity contribution in [2.24, 2.45) is 0 Å². The van der Waals surface area contributed by atoms with Crippen molar-refractivity contribution in [3.63, 3.8) is 0 Å². The second-order valence-corrected chi connectivity index (χ2v) is 6.44. The predicted molar refractivity (Wildman–Crippen MR) is 108 cm³/mol. The minimum absolute atomic E-state index is 0.0867. The number of rotatable bonds is 10. The first-order valence-electron chi connectivity index (χ1n) is 9.04. The Morgan fingerprint density at radius 3 is 2.21 bits per heavy atom. The predicted octanol–water partition coefficient (Wildman–Crippen LogP) is 1.42. The minimum Gasteiger partial charge on any atom is -0.497 e. The number of amides is 1. The zero-order chi connectivity index (χ0) is 20.5. The molecule has 0 bridgehead atoms. The summed E-state index contributed by atoms with van der Waals surface area (Å²) in [5.41, 5.74) is 1.73. The van der Waals surface area contributed by atoms with Crippen molar-refractivity contribution < 1.29 is 28.6 Å². The van der Waals surface area contributed by atoms with Gasteiger partial charge in [0.05, 0.1) is 47.7 Å². The first-order chi connectivity index (χ1) is 13.5. The summed E-state index contributed by atoms with van der Waals surface area (Å²) in [5.74, 6) is 2.58. The Morgan fingerprint density at radius 1 is 0.893 bits per heavy atom. The SMILES string of the molecule is COc1ccc(OC)c(NC(=O)C[NH+](C)CCc2ccc(OC)c(OC)c2)c1. The second-order valence-electron chi connectivity index (χ2n) is 6.44. The highest BCUT2D eigenvalue weighted by atomic mass is 16.5. The van der Waals surface area contributed by atoms with Crippen LogP contribution in [0.2, 0.25) is 0 Å². The van der Waals surface area contributed by atoms with Gasteiger partial charge in [-0.25, -0.2) is 0 Å². The summed E-state index contributed by atoms with van der Waals surface area (Å²) in [6.07, 6.45) is 0.821. The van der Waals surface area contributed by atoms with Crippen molar-refractivity contribution in [1.29, 1.82) is 0 Å². The normalized spacial score (nSPS) is 11.5. The lowest BCUT2D eigenvalue weighted by Crippen LogP contribution is -3.10. The van der Waals surface area contributed by atoms with E-state index < -0.39 is 0 Å². The standard InChI is InChI=1S/C21H28N2O5/c1-23(11-10-15-6-8-19(27-4)20(12-15)28-5)14-21(24)22-17-13-16(25-2)7-9-18(17)26-3/h6-9,12-13H,10-11,14H2,1-5H3,(H,22,24)/p+1. The highest BCUT2D eigenvalue weighted by Crippen LogP contribution is 2.29. The minimum atomic E-state index is -0.0867. The number of benzene rings is 2. The van der Waals surface area contributed by atoms with Crippen molar-refractivity contribution in [2.45, 2.75) is 6.42 Å². The number of anilines is 1. The Balaban J connectivity index is 1.91. The van der Waals surface area contributed by atoms with Crippen LogP contribution in [-0.4, -0.2) is 54.5 Å². The summed E-state index contributed by atoms with van der Waals surface area (Å²) < 4.78 is 21.1. The summed E-state index contributed by atoms with van der Waals surface area (Å²) in [6, 6.07) is 11.2. The zero-order valence-electron chi connectivity index (χ0n) is 17.1. The van der Waals surface area contributed by atoms with E-state index in [2.05, 4.69) is 5.32 Å². The molecule has 0 saturated heterocycles. The second kappa shape index (κ2) is 10.4. The smallest absolute Gasteiger partial charge is 0.279 e. The van der Waals surface area contributed by atoms with Crippen LogP contribution in [0, 0.1) is 0 Å². The molecule has 0 heterocycles. The maximum Gasteiger partial charge on any atom is 0.279 e. The molecule has 2 aromatic rings. The number of hydrogen-bond acceptors (Lipinski definition) is 5. The third kappa shape index (κ3) is 5.79. The summed E-state index contributed by atoms with van der Waals surface area (Å²) in [4.78, 5) is 13.5. The van der Waals surface area contributed by atoms with Gasteiger partial charge in [0.25, 0.3) is 5.91 Å². The van der Waals surface area contributed by atoms with Gasteiger partial charge in [0.2, 0.25) is 0 Å². The van der Waals surface area contributed by atoms with Gasteiger partial charge in [-0.1, -0.05) is 6.07 Å². The maximum atomic E-state index is 12.4. The van der Waals surface area contributed by atoms with Crippen LogP contribution in [0.3, 0.4) is 0 Å². The molecule has 0 radical (unpaired) electrons. The van der Waals surface area contributed by atoms with Crippen molar-refractivity contribution in [1.82, 2.24) is 0 Å². The Hall–Kier alpha value is -2.93. The molecule has 0 aliphatic rings. The average molecular weight is 389 g/mol. The Labute approximate surface area is 166 Å². The molecule has 2 rings (SSSR count). The van der Waals surface area contributed by atoms with Crippen LogP contribution in [0.1, 0.15) is 5.56 Å². The van der Waals surface area contributed by atoms with Gasteiger partial charge < -0.3 is 29.2 Å². The van der Waals surface area contributed by atoms with Crippen LogP contribution >= 0.6 is 0 Å². The summed E-state index contributed by atoms with van der Waals surface area (Å²) in [7, 11) is 8.38. The van der Waals surface area contributed by atoms with Gasteiger partial charge in [0.1, 0.15) is 11.5 Å². The fourth-order valence-electron chi connectivity index (χ4n) is 2.86. The largest absolute Gasteiger partial charge is 0.497 e. The van der Waals surface area contributed by atoms with Crippen LogP contribution in [0.15, 0.2) is 36.4 Å². The van der Waals surface area contributed by atoms with Gasteiger partial charge >= 0.3 is 0 Å². The highest BCUT2D eigenvalue weighted by molar-refractivity contribution is 5.93. The van der Waals surface area contributed by atoms with E-state index >= 15 is 0 Å². The molecular weight excluding hydrogens is 360 g/mol. The number of nitrogens with one attached hydrogen (secondary N) is 2. The van der Waals surface area contributed by atoms with E-state index in [-0.39, 0.29) is 5.91 Å². The first-order valence-corrected chi connectivity index (χ1v) is 9.04. The van der Waals surface area contributed by atoms with Crippen LogP contribution in [0.25, 0.3) is 0 Å². The van der Waals surface area contributed by atoms with E-state index in [1.165, 1.54) is 0 Å². The van der Waals surface area contributed by atoms with E-state index in [9.17, 15) is 4.79 Å². The molecule has 0 aliphatic carbocycles. The van der Waals surface area contributed by atoms with Crippen molar-refractivity contribution in [3.8, 4) is 23.0 Å². The van der Waals surface area contributed by atoms with E-state index in [1.54, 1.807) is 46.6 Å². The number of ether oxygens (including phenoxy) is 4. The topological polar surface area (TPSA) is 70.5 Å². The van der Waals surface area contributed by atoms with Gasteiger partial charge in [0.15, 0.2) is 18.0 Å². The van der Waals surface area contributed by atoms with E-state index in [0.29, 0.717) is 35.2 Å². The molecule has 152 valence electrons. The van der Waals surface area contributed by atoms with Crippen LogP contribution < -0.4 is 29.2 Å². The average Bonchev–Trinajstić information content (AvgIpc) is 2.71. The van der Waals surface area contributed by atoms with Gasteiger partial charge in [0, 0.05) is 12.5 Å². The molecule has 1 unspecified atom stereocenters. The quantitative estimate of drug-likeness (QED) is 0.643. The van der Waals surface area contributed by atoms with E-state index in [4.69, 9.17) is 18.9 Å². The molecule has 2 aromatic carbocycles. The molecule has 0 aromatic heterocycles.